The van der Waals surface area contributed by atoms with Gasteiger partial charge < -0.3 is 19.1 Å². The smallest absolute Gasteiger partial charge is 0.266 e. The fourth-order valence-electron chi connectivity index (χ4n) is 4.95. The van der Waals surface area contributed by atoms with Crippen molar-refractivity contribution in [3.63, 3.8) is 0 Å². The third kappa shape index (κ3) is 7.20. The van der Waals surface area contributed by atoms with Crippen LogP contribution in [0.25, 0.3) is 16.6 Å². The Morgan fingerprint density at radius 1 is 1.00 bits per heavy atom. The summed E-state index contributed by atoms with van der Waals surface area (Å²) in [7, 11) is 3.12. The zero-order valence-electron chi connectivity index (χ0n) is 24.6. The van der Waals surface area contributed by atoms with Crippen molar-refractivity contribution in [2.45, 2.75) is 52.2 Å². The Bertz CT molecular complexity index is 1560. The molecule has 9 heteroatoms. The van der Waals surface area contributed by atoms with Crippen LogP contribution in [0.15, 0.2) is 76.0 Å². The van der Waals surface area contributed by atoms with Crippen LogP contribution in [0.2, 0.25) is 0 Å². The molecule has 4 aromatic rings. The molecular formula is C33H38BrN3O5. The molecule has 0 radical (unpaired) electrons. The van der Waals surface area contributed by atoms with Gasteiger partial charge in [-0.15, -0.1) is 0 Å². The number of hydrogen-bond acceptors (Lipinski definition) is 6. The lowest BCUT2D eigenvalue weighted by Gasteiger charge is -2.31. The van der Waals surface area contributed by atoms with Crippen molar-refractivity contribution >= 4 is 32.7 Å². The summed E-state index contributed by atoms with van der Waals surface area (Å²) in [5, 5.41) is 0.467. The van der Waals surface area contributed by atoms with Gasteiger partial charge in [-0.25, -0.2) is 4.98 Å². The maximum Gasteiger partial charge on any atom is 0.266 e. The maximum atomic E-state index is 14.1. The van der Waals surface area contributed by atoms with Gasteiger partial charge in [0, 0.05) is 18.7 Å². The molecule has 1 amide bonds. The van der Waals surface area contributed by atoms with E-state index in [-0.39, 0.29) is 18.1 Å². The van der Waals surface area contributed by atoms with E-state index in [4.69, 9.17) is 19.2 Å². The van der Waals surface area contributed by atoms with Gasteiger partial charge in [0.2, 0.25) is 5.91 Å². The molecule has 0 aliphatic heterocycles. The number of halogens is 1. The summed E-state index contributed by atoms with van der Waals surface area (Å²) in [6.07, 6.45) is 3.99. The number of nitrogens with zero attached hydrogens (tertiary/aromatic N) is 3. The van der Waals surface area contributed by atoms with Crippen LogP contribution in [-0.2, 0) is 16.1 Å². The van der Waals surface area contributed by atoms with Gasteiger partial charge in [0.15, 0.2) is 0 Å². The fraction of sp³-hybridized carbons (Fsp3) is 0.364. The molecule has 0 spiro atoms. The number of fused-ring (bicyclic) bond motifs is 1. The number of hydrogen-bond donors (Lipinski definition) is 0. The second kappa shape index (κ2) is 15.0. The first-order valence-electron chi connectivity index (χ1n) is 14.2. The van der Waals surface area contributed by atoms with Crippen molar-refractivity contribution in [2.24, 2.45) is 0 Å². The summed E-state index contributed by atoms with van der Waals surface area (Å²) in [5.41, 5.74) is 1.81. The van der Waals surface area contributed by atoms with Gasteiger partial charge in [-0.1, -0.05) is 68.7 Å². The first kappa shape index (κ1) is 31.3. The monoisotopic (exact) mass is 635 g/mol. The first-order chi connectivity index (χ1) is 20.4. The molecule has 4 rings (SSSR count). The topological polar surface area (TPSA) is 82.9 Å². The van der Waals surface area contributed by atoms with E-state index in [1.165, 1.54) is 0 Å². The quantitative estimate of drug-likeness (QED) is 0.141. The lowest BCUT2D eigenvalue weighted by molar-refractivity contribution is -0.139. The summed E-state index contributed by atoms with van der Waals surface area (Å²) in [5.74, 6) is 1.29. The lowest BCUT2D eigenvalue weighted by Crippen LogP contribution is -2.40. The normalized spacial score (nSPS) is 11.8. The third-order valence-electron chi connectivity index (χ3n) is 7.24. The van der Waals surface area contributed by atoms with Crippen LogP contribution >= 0.6 is 15.9 Å². The number of aromatic nitrogens is 2. The van der Waals surface area contributed by atoms with Crippen molar-refractivity contribution in [1.82, 2.24) is 14.5 Å². The number of methoxy groups -OCH3 is 2. The molecule has 0 bridgehead atoms. The Hall–Kier alpha value is -3.69. The molecule has 0 saturated heterocycles. The SMILES string of the molecule is CCCCCCN(C(=O)COCc1ccccc1)C(C)c1nc2ccccc2c(=O)n1-c1cc(OC)cc(OC)c1Br. The molecule has 3 aromatic carbocycles. The average Bonchev–Trinajstić information content (AvgIpc) is 3.01. The van der Waals surface area contributed by atoms with Gasteiger partial charge in [0.25, 0.3) is 5.56 Å². The Kier molecular flexibility index (Phi) is 11.1. The van der Waals surface area contributed by atoms with Crippen molar-refractivity contribution < 1.29 is 19.0 Å². The Balaban J connectivity index is 1.79. The summed E-state index contributed by atoms with van der Waals surface area (Å²) < 4.78 is 19.1. The standard InChI is InChI=1S/C33H38BrN3O5/c1-5-6-7-13-18-36(30(38)22-42-21-24-14-9-8-10-15-24)23(2)32-35-27-17-12-11-16-26(27)33(39)37(32)28-19-25(40-3)20-29(41-4)31(28)34/h8-12,14-17,19-20,23H,5-7,13,18,21-22H2,1-4H3. The molecule has 1 aromatic heterocycles. The van der Waals surface area contributed by atoms with Crippen molar-refractivity contribution in [2.75, 3.05) is 27.4 Å². The van der Waals surface area contributed by atoms with Crippen LogP contribution in [-0.4, -0.2) is 47.7 Å². The molecule has 0 N–H and O–H groups in total. The number of unbranched alkanes of at least 4 members (excludes halogenated alkanes) is 3. The van der Waals surface area contributed by atoms with Crippen LogP contribution < -0.4 is 15.0 Å². The molecule has 1 atom stereocenters. The van der Waals surface area contributed by atoms with Gasteiger partial charge in [-0.05, 0) is 47.0 Å². The van der Waals surface area contributed by atoms with E-state index >= 15 is 0 Å². The van der Waals surface area contributed by atoms with Crippen LogP contribution in [0, 0.1) is 0 Å². The predicted molar refractivity (Wildman–Crippen MR) is 169 cm³/mol. The van der Waals surface area contributed by atoms with Crippen molar-refractivity contribution in [1.29, 1.82) is 0 Å². The molecule has 42 heavy (non-hydrogen) atoms. The second-order valence-electron chi connectivity index (χ2n) is 10.1. The summed E-state index contributed by atoms with van der Waals surface area (Å²) in [6, 6.07) is 20.0. The number of ether oxygens (including phenoxy) is 3. The van der Waals surface area contributed by atoms with Gasteiger partial charge in [-0.2, -0.15) is 0 Å². The van der Waals surface area contributed by atoms with E-state index in [2.05, 4.69) is 22.9 Å². The molecule has 1 heterocycles. The maximum absolute atomic E-state index is 14.1. The summed E-state index contributed by atoms with van der Waals surface area (Å²) in [4.78, 5) is 34.6. The molecular weight excluding hydrogens is 598 g/mol. The lowest BCUT2D eigenvalue weighted by atomic mass is 10.1. The number of carbonyl (C=O) groups is 1. The third-order valence-corrected chi connectivity index (χ3v) is 8.04. The molecule has 8 nitrogen and oxygen atoms in total. The second-order valence-corrected chi connectivity index (χ2v) is 10.9. The highest BCUT2D eigenvalue weighted by molar-refractivity contribution is 9.10. The largest absolute Gasteiger partial charge is 0.497 e. The highest BCUT2D eigenvalue weighted by atomic mass is 79.9. The number of benzene rings is 3. The van der Waals surface area contributed by atoms with Crippen LogP contribution in [0.5, 0.6) is 11.5 Å². The average molecular weight is 637 g/mol. The fourth-order valence-corrected chi connectivity index (χ4v) is 5.51. The van der Waals surface area contributed by atoms with Crippen molar-refractivity contribution in [3.05, 3.63) is 92.9 Å². The van der Waals surface area contributed by atoms with E-state index in [0.717, 1.165) is 31.2 Å². The van der Waals surface area contributed by atoms with Crippen molar-refractivity contribution in [3.8, 4) is 17.2 Å². The molecule has 222 valence electrons. The first-order valence-corrected chi connectivity index (χ1v) is 15.0. The van der Waals surface area contributed by atoms with Gasteiger partial charge in [0.1, 0.15) is 23.9 Å². The minimum Gasteiger partial charge on any atom is -0.497 e. The highest BCUT2D eigenvalue weighted by Gasteiger charge is 2.28. The summed E-state index contributed by atoms with van der Waals surface area (Å²) in [6.45, 7) is 4.83. The van der Waals surface area contributed by atoms with E-state index in [9.17, 15) is 9.59 Å². The number of para-hydroxylation sites is 1. The van der Waals surface area contributed by atoms with Gasteiger partial charge in [-0.3, -0.25) is 14.2 Å². The molecule has 0 aliphatic carbocycles. The van der Waals surface area contributed by atoms with Gasteiger partial charge in [0.05, 0.1) is 47.9 Å². The molecule has 0 fully saturated rings. The minimum absolute atomic E-state index is 0.0818. The zero-order chi connectivity index (χ0) is 30.1. The number of amides is 1. The number of carbonyl (C=O) groups excluding carboxylic acids is 1. The molecule has 0 aliphatic rings. The zero-order valence-corrected chi connectivity index (χ0v) is 26.2. The van der Waals surface area contributed by atoms with Crippen LogP contribution in [0.3, 0.4) is 0 Å². The predicted octanol–water partition coefficient (Wildman–Crippen LogP) is 6.85. The Morgan fingerprint density at radius 2 is 1.74 bits per heavy atom. The van der Waals surface area contributed by atoms with Crippen LogP contribution in [0.1, 0.15) is 57.0 Å². The molecule has 1 unspecified atom stereocenters. The Morgan fingerprint density at radius 3 is 2.45 bits per heavy atom. The Labute approximate surface area is 255 Å². The highest BCUT2D eigenvalue weighted by Crippen LogP contribution is 2.37. The van der Waals surface area contributed by atoms with E-state index in [0.29, 0.717) is 51.5 Å². The minimum atomic E-state index is -0.541. The van der Waals surface area contributed by atoms with E-state index in [1.807, 2.05) is 55.5 Å². The summed E-state index contributed by atoms with van der Waals surface area (Å²) >= 11 is 3.64. The van der Waals surface area contributed by atoms with E-state index < -0.39 is 6.04 Å². The number of rotatable bonds is 14. The van der Waals surface area contributed by atoms with E-state index in [1.54, 1.807) is 41.9 Å². The van der Waals surface area contributed by atoms with Crippen LogP contribution in [0.4, 0.5) is 0 Å². The molecule has 0 saturated carbocycles. The van der Waals surface area contributed by atoms with Gasteiger partial charge >= 0.3 is 0 Å².